The van der Waals surface area contributed by atoms with Crippen LogP contribution in [0.15, 0.2) is 59.8 Å². The topological polar surface area (TPSA) is 84.3 Å². The molecular formula is C23H23N5O2. The Morgan fingerprint density at radius 1 is 1.23 bits per heavy atom. The van der Waals surface area contributed by atoms with Crippen molar-refractivity contribution in [3.63, 3.8) is 0 Å². The molecule has 0 aliphatic heterocycles. The van der Waals surface area contributed by atoms with Gasteiger partial charge in [0.2, 0.25) is 0 Å². The number of para-hydroxylation sites is 1. The lowest BCUT2D eigenvalue weighted by Crippen LogP contribution is -2.17. The highest BCUT2D eigenvalue weighted by atomic mass is 16.5. The predicted octanol–water partition coefficient (Wildman–Crippen LogP) is 3.80. The normalized spacial score (nSPS) is 11.3. The molecular weight excluding hydrogens is 378 g/mol. The van der Waals surface area contributed by atoms with Crippen molar-refractivity contribution in [2.75, 3.05) is 7.11 Å². The molecule has 0 fully saturated rings. The van der Waals surface area contributed by atoms with Crippen LogP contribution in [-0.2, 0) is 6.54 Å². The van der Waals surface area contributed by atoms with Gasteiger partial charge in [-0.05, 0) is 49.7 Å². The smallest absolute Gasteiger partial charge is 0.273 e. The number of aromatic amines is 1. The van der Waals surface area contributed by atoms with Crippen molar-refractivity contribution in [3.05, 3.63) is 82.8 Å². The molecule has 7 heteroatoms. The number of ether oxygens (including phenoxy) is 1. The second-order valence-electron chi connectivity index (χ2n) is 7.10. The summed E-state index contributed by atoms with van der Waals surface area (Å²) >= 11 is 0. The average Bonchev–Trinajstić information content (AvgIpc) is 3.31. The van der Waals surface area contributed by atoms with Gasteiger partial charge < -0.3 is 9.72 Å². The van der Waals surface area contributed by atoms with Gasteiger partial charge in [0.15, 0.2) is 0 Å². The van der Waals surface area contributed by atoms with Crippen LogP contribution in [0.3, 0.4) is 0 Å². The first-order valence-corrected chi connectivity index (χ1v) is 9.62. The molecule has 0 atom stereocenters. The van der Waals surface area contributed by atoms with Gasteiger partial charge in [-0.3, -0.25) is 9.48 Å². The van der Waals surface area contributed by atoms with E-state index < -0.39 is 0 Å². The SMILES string of the molecule is COc1ccc(C=NNC(=O)c2c[nH]c3ccccc23)cc1Cn1nc(C)cc1C. The van der Waals surface area contributed by atoms with Gasteiger partial charge in [0.05, 0.1) is 31.1 Å². The van der Waals surface area contributed by atoms with E-state index in [-0.39, 0.29) is 5.91 Å². The molecule has 2 aromatic carbocycles. The van der Waals surface area contributed by atoms with Crippen molar-refractivity contribution in [1.29, 1.82) is 0 Å². The number of carbonyl (C=O) groups excluding carboxylic acids is 1. The van der Waals surface area contributed by atoms with Gasteiger partial charge in [-0.15, -0.1) is 0 Å². The first kappa shape index (κ1) is 19.4. The van der Waals surface area contributed by atoms with Crippen LogP contribution >= 0.6 is 0 Å². The molecule has 4 rings (SSSR count). The number of nitrogens with zero attached hydrogens (tertiary/aromatic N) is 3. The van der Waals surface area contributed by atoms with Gasteiger partial charge >= 0.3 is 0 Å². The molecule has 0 unspecified atom stereocenters. The Balaban J connectivity index is 1.50. The Kier molecular flexibility index (Phi) is 5.34. The minimum Gasteiger partial charge on any atom is -0.496 e. The molecule has 2 heterocycles. The van der Waals surface area contributed by atoms with E-state index in [0.29, 0.717) is 12.1 Å². The fourth-order valence-electron chi connectivity index (χ4n) is 3.48. The Morgan fingerprint density at radius 3 is 2.83 bits per heavy atom. The zero-order chi connectivity index (χ0) is 21.1. The Labute approximate surface area is 174 Å². The van der Waals surface area contributed by atoms with Gasteiger partial charge in [0.1, 0.15) is 5.75 Å². The Morgan fingerprint density at radius 2 is 2.07 bits per heavy atom. The summed E-state index contributed by atoms with van der Waals surface area (Å²) in [5.41, 5.74) is 7.96. The summed E-state index contributed by atoms with van der Waals surface area (Å²) in [6.07, 6.45) is 3.31. The highest BCUT2D eigenvalue weighted by molar-refractivity contribution is 6.06. The van der Waals surface area contributed by atoms with E-state index in [4.69, 9.17) is 4.74 Å². The maximum Gasteiger partial charge on any atom is 0.273 e. The van der Waals surface area contributed by atoms with E-state index in [1.165, 1.54) is 0 Å². The van der Waals surface area contributed by atoms with E-state index in [2.05, 4.69) is 20.6 Å². The summed E-state index contributed by atoms with van der Waals surface area (Å²) < 4.78 is 7.43. The van der Waals surface area contributed by atoms with Crippen LogP contribution in [0.2, 0.25) is 0 Å². The number of amides is 1. The summed E-state index contributed by atoms with van der Waals surface area (Å²) in [6, 6.07) is 15.5. The molecule has 4 aromatic rings. The zero-order valence-electron chi connectivity index (χ0n) is 17.1. The third-order valence-corrected chi connectivity index (χ3v) is 4.94. The number of hydrazone groups is 1. The van der Waals surface area contributed by atoms with Crippen molar-refractivity contribution < 1.29 is 9.53 Å². The molecule has 30 heavy (non-hydrogen) atoms. The fourth-order valence-corrected chi connectivity index (χ4v) is 3.48. The van der Waals surface area contributed by atoms with Crippen LogP contribution in [0.1, 0.15) is 32.9 Å². The maximum atomic E-state index is 12.5. The lowest BCUT2D eigenvalue weighted by molar-refractivity contribution is 0.0957. The number of hydrogen-bond acceptors (Lipinski definition) is 4. The lowest BCUT2D eigenvalue weighted by Gasteiger charge is -2.11. The van der Waals surface area contributed by atoms with Crippen LogP contribution in [0.4, 0.5) is 0 Å². The van der Waals surface area contributed by atoms with Crippen LogP contribution in [-0.4, -0.2) is 34.0 Å². The minimum atomic E-state index is -0.264. The Hall–Kier alpha value is -3.87. The quantitative estimate of drug-likeness (QED) is 0.381. The predicted molar refractivity (Wildman–Crippen MR) is 117 cm³/mol. The lowest BCUT2D eigenvalue weighted by atomic mass is 10.1. The third kappa shape index (κ3) is 3.96. The van der Waals surface area contributed by atoms with Crippen LogP contribution in [0, 0.1) is 13.8 Å². The largest absolute Gasteiger partial charge is 0.496 e. The highest BCUT2D eigenvalue weighted by Gasteiger charge is 2.11. The number of nitrogens with one attached hydrogen (secondary N) is 2. The molecule has 0 saturated heterocycles. The molecule has 0 spiro atoms. The molecule has 2 aromatic heterocycles. The van der Waals surface area contributed by atoms with E-state index in [1.807, 2.05) is 67.1 Å². The minimum absolute atomic E-state index is 0.264. The van der Waals surface area contributed by atoms with E-state index >= 15 is 0 Å². The average molecular weight is 401 g/mol. The van der Waals surface area contributed by atoms with Crippen LogP contribution in [0.5, 0.6) is 5.75 Å². The van der Waals surface area contributed by atoms with Gasteiger partial charge in [-0.1, -0.05) is 18.2 Å². The molecule has 0 aliphatic rings. The number of benzene rings is 2. The fraction of sp³-hybridized carbons (Fsp3) is 0.174. The van der Waals surface area contributed by atoms with Crippen molar-refractivity contribution in [2.24, 2.45) is 5.10 Å². The number of fused-ring (bicyclic) bond motifs is 1. The molecule has 0 aliphatic carbocycles. The van der Waals surface area contributed by atoms with Crippen LogP contribution < -0.4 is 10.2 Å². The van der Waals surface area contributed by atoms with E-state index in [1.54, 1.807) is 19.5 Å². The van der Waals surface area contributed by atoms with Crippen molar-refractivity contribution in [1.82, 2.24) is 20.2 Å². The number of methoxy groups -OCH3 is 1. The van der Waals surface area contributed by atoms with E-state index in [0.717, 1.165) is 39.2 Å². The molecule has 1 amide bonds. The van der Waals surface area contributed by atoms with Crippen molar-refractivity contribution in [2.45, 2.75) is 20.4 Å². The number of aryl methyl sites for hydroxylation is 2. The van der Waals surface area contributed by atoms with Crippen molar-refractivity contribution in [3.8, 4) is 5.75 Å². The molecule has 7 nitrogen and oxygen atoms in total. The number of carbonyl (C=O) groups is 1. The second kappa shape index (κ2) is 8.24. The number of hydrogen-bond donors (Lipinski definition) is 2. The summed E-state index contributed by atoms with van der Waals surface area (Å²) in [6.45, 7) is 4.59. The second-order valence-corrected chi connectivity index (χ2v) is 7.10. The number of rotatable bonds is 6. The maximum absolute atomic E-state index is 12.5. The summed E-state index contributed by atoms with van der Waals surface area (Å²) in [7, 11) is 1.65. The molecule has 0 bridgehead atoms. The standard InChI is InChI=1S/C23H23N5O2/c1-15-10-16(2)28(27-15)14-18-11-17(8-9-22(18)30-3)12-25-26-23(29)20-13-24-21-7-5-4-6-19(20)21/h4-13,24H,14H2,1-3H3,(H,26,29). The van der Waals surface area contributed by atoms with Gasteiger partial charge in [0.25, 0.3) is 5.91 Å². The number of H-pyrrole nitrogens is 1. The number of aromatic nitrogens is 3. The van der Waals surface area contributed by atoms with Crippen molar-refractivity contribution >= 4 is 23.0 Å². The molecule has 0 radical (unpaired) electrons. The summed E-state index contributed by atoms with van der Waals surface area (Å²) in [4.78, 5) is 15.6. The zero-order valence-corrected chi connectivity index (χ0v) is 17.1. The van der Waals surface area contributed by atoms with Gasteiger partial charge in [0, 0.05) is 28.4 Å². The molecule has 152 valence electrons. The molecule has 0 saturated carbocycles. The first-order chi connectivity index (χ1) is 14.5. The summed E-state index contributed by atoms with van der Waals surface area (Å²) in [5.74, 6) is 0.516. The highest BCUT2D eigenvalue weighted by Crippen LogP contribution is 2.21. The van der Waals surface area contributed by atoms with E-state index in [9.17, 15) is 4.79 Å². The van der Waals surface area contributed by atoms with Crippen LogP contribution in [0.25, 0.3) is 10.9 Å². The monoisotopic (exact) mass is 401 g/mol. The first-order valence-electron chi connectivity index (χ1n) is 9.62. The van der Waals surface area contributed by atoms with Gasteiger partial charge in [-0.2, -0.15) is 10.2 Å². The molecule has 2 N–H and O–H groups in total. The Bertz CT molecular complexity index is 1240. The van der Waals surface area contributed by atoms with Gasteiger partial charge in [-0.25, -0.2) is 5.43 Å². The summed E-state index contributed by atoms with van der Waals surface area (Å²) in [5, 5.41) is 9.51. The third-order valence-electron chi connectivity index (χ3n) is 4.94.